The van der Waals surface area contributed by atoms with Crippen LogP contribution in [0.15, 0.2) is 30.3 Å². The molecule has 1 aromatic carbocycles. The van der Waals surface area contributed by atoms with Gasteiger partial charge in [0, 0.05) is 17.0 Å². The third-order valence-corrected chi connectivity index (χ3v) is 3.59. The molecule has 1 aromatic heterocycles. The van der Waals surface area contributed by atoms with E-state index in [-0.39, 0.29) is 5.82 Å². The average Bonchev–Trinajstić information content (AvgIpc) is 2.75. The first-order chi connectivity index (χ1) is 8.69. The Balaban J connectivity index is 2.08. The van der Waals surface area contributed by atoms with Crippen LogP contribution in [0.2, 0.25) is 4.34 Å². The number of thiophene rings is 1. The lowest BCUT2D eigenvalue weighted by Crippen LogP contribution is -2.07. The summed E-state index contributed by atoms with van der Waals surface area (Å²) in [6.45, 7) is 1.01. The molecule has 5 heteroatoms. The molecule has 1 N–H and O–H groups in total. The van der Waals surface area contributed by atoms with Crippen LogP contribution in [0.25, 0.3) is 0 Å². The highest BCUT2D eigenvalue weighted by molar-refractivity contribution is 7.16. The van der Waals surface area contributed by atoms with E-state index in [2.05, 4.69) is 5.32 Å². The largest absolute Gasteiger partial charge is 0.488 e. The van der Waals surface area contributed by atoms with Crippen LogP contribution in [0.3, 0.4) is 0 Å². The molecule has 2 rings (SSSR count). The lowest BCUT2D eigenvalue weighted by molar-refractivity contribution is 0.305. The molecular formula is C13H13ClFNOS. The summed E-state index contributed by atoms with van der Waals surface area (Å²) in [4.78, 5) is 1.04. The summed E-state index contributed by atoms with van der Waals surface area (Å²) < 4.78 is 19.6. The first-order valence-corrected chi connectivity index (χ1v) is 6.68. The number of ether oxygens (including phenoxy) is 1. The summed E-state index contributed by atoms with van der Waals surface area (Å²) in [6.07, 6.45) is 0. The van der Waals surface area contributed by atoms with E-state index < -0.39 is 0 Å². The predicted molar refractivity (Wildman–Crippen MR) is 72.8 cm³/mol. The molecule has 0 aliphatic heterocycles. The van der Waals surface area contributed by atoms with Crippen molar-refractivity contribution in [1.82, 2.24) is 5.32 Å². The van der Waals surface area contributed by atoms with Crippen molar-refractivity contribution >= 4 is 22.9 Å². The molecule has 96 valence electrons. The Hall–Kier alpha value is -1.10. The zero-order chi connectivity index (χ0) is 13.0. The quantitative estimate of drug-likeness (QED) is 0.901. The molecule has 0 amide bonds. The number of nitrogens with one attached hydrogen (secondary N) is 1. The summed E-state index contributed by atoms with van der Waals surface area (Å²) in [5, 5.41) is 2.99. The molecule has 2 nitrogen and oxygen atoms in total. The van der Waals surface area contributed by atoms with Gasteiger partial charge in [-0.15, -0.1) is 11.3 Å². The maximum atomic E-state index is 13.1. The van der Waals surface area contributed by atoms with Crippen molar-refractivity contribution in [1.29, 1.82) is 0 Å². The van der Waals surface area contributed by atoms with Crippen LogP contribution in [-0.4, -0.2) is 7.05 Å². The molecule has 0 aliphatic rings. The first kappa shape index (κ1) is 13.3. The highest BCUT2D eigenvalue weighted by atomic mass is 35.5. The van der Waals surface area contributed by atoms with Gasteiger partial charge in [-0.05, 0) is 37.4 Å². The van der Waals surface area contributed by atoms with Crippen LogP contribution in [-0.2, 0) is 13.2 Å². The fourth-order valence-corrected chi connectivity index (χ4v) is 2.60. The van der Waals surface area contributed by atoms with Crippen LogP contribution in [0.4, 0.5) is 4.39 Å². The molecule has 0 spiro atoms. The monoisotopic (exact) mass is 285 g/mol. The Kier molecular flexibility index (Phi) is 4.58. The number of hydrogen-bond donors (Lipinski definition) is 1. The second-order valence-corrected chi connectivity index (χ2v) is 5.58. The molecule has 0 fully saturated rings. The van der Waals surface area contributed by atoms with Crippen molar-refractivity contribution in [2.24, 2.45) is 0 Å². The van der Waals surface area contributed by atoms with Crippen molar-refractivity contribution in [3.05, 3.63) is 50.9 Å². The van der Waals surface area contributed by atoms with Gasteiger partial charge in [0.2, 0.25) is 0 Å². The van der Waals surface area contributed by atoms with Gasteiger partial charge in [0.25, 0.3) is 0 Å². The van der Waals surface area contributed by atoms with E-state index in [4.69, 9.17) is 16.3 Å². The zero-order valence-electron chi connectivity index (χ0n) is 9.87. The van der Waals surface area contributed by atoms with E-state index in [0.29, 0.717) is 18.9 Å². The molecule has 0 radical (unpaired) electrons. The average molecular weight is 286 g/mol. The number of rotatable bonds is 5. The van der Waals surface area contributed by atoms with Gasteiger partial charge in [-0.25, -0.2) is 4.39 Å². The van der Waals surface area contributed by atoms with Gasteiger partial charge >= 0.3 is 0 Å². The molecule has 0 bridgehead atoms. The minimum Gasteiger partial charge on any atom is -0.488 e. The molecular weight excluding hydrogens is 273 g/mol. The predicted octanol–water partition coefficient (Wildman–Crippen LogP) is 3.84. The number of hydrogen-bond acceptors (Lipinski definition) is 3. The maximum absolute atomic E-state index is 13.1. The summed E-state index contributed by atoms with van der Waals surface area (Å²) in [5.41, 5.74) is 0.806. The minimum absolute atomic E-state index is 0.258. The zero-order valence-corrected chi connectivity index (χ0v) is 11.4. The molecule has 0 saturated heterocycles. The summed E-state index contributed by atoms with van der Waals surface area (Å²) >= 11 is 7.33. The van der Waals surface area contributed by atoms with Gasteiger partial charge in [0.15, 0.2) is 0 Å². The third-order valence-electron chi connectivity index (χ3n) is 2.39. The fourth-order valence-electron chi connectivity index (χ4n) is 1.60. The highest BCUT2D eigenvalue weighted by Crippen LogP contribution is 2.25. The number of halogens is 2. The Labute approximate surface area is 114 Å². The molecule has 18 heavy (non-hydrogen) atoms. The highest BCUT2D eigenvalue weighted by Gasteiger charge is 2.06. The Morgan fingerprint density at radius 3 is 2.83 bits per heavy atom. The van der Waals surface area contributed by atoms with Crippen LogP contribution in [0.1, 0.15) is 10.4 Å². The summed E-state index contributed by atoms with van der Waals surface area (Å²) in [6, 6.07) is 8.29. The van der Waals surface area contributed by atoms with E-state index in [1.165, 1.54) is 23.5 Å². The van der Waals surface area contributed by atoms with Gasteiger partial charge in [-0.3, -0.25) is 0 Å². The van der Waals surface area contributed by atoms with Gasteiger partial charge in [0.1, 0.15) is 18.2 Å². The second-order valence-electron chi connectivity index (χ2n) is 3.78. The Bertz CT molecular complexity index is 529. The summed E-state index contributed by atoms with van der Waals surface area (Å²) in [7, 11) is 1.81. The molecule has 0 aliphatic carbocycles. The lowest BCUT2D eigenvalue weighted by atomic mass is 10.2. The molecule has 0 unspecified atom stereocenters. The van der Waals surface area contributed by atoms with E-state index in [1.807, 2.05) is 19.2 Å². The van der Waals surface area contributed by atoms with Crippen molar-refractivity contribution in [3.63, 3.8) is 0 Å². The standard InChI is InChI=1S/C13H13ClFNOS/c1-16-7-9-6-10(15)2-4-12(9)17-8-11-3-5-13(14)18-11/h2-6,16H,7-8H2,1H3. The maximum Gasteiger partial charge on any atom is 0.124 e. The Morgan fingerprint density at radius 2 is 2.17 bits per heavy atom. The van der Waals surface area contributed by atoms with E-state index in [0.717, 1.165) is 14.8 Å². The first-order valence-electron chi connectivity index (χ1n) is 5.49. The van der Waals surface area contributed by atoms with Crippen molar-refractivity contribution < 1.29 is 9.13 Å². The smallest absolute Gasteiger partial charge is 0.124 e. The van der Waals surface area contributed by atoms with E-state index >= 15 is 0 Å². The van der Waals surface area contributed by atoms with Gasteiger partial charge in [-0.1, -0.05) is 11.6 Å². The van der Waals surface area contributed by atoms with Crippen molar-refractivity contribution in [3.8, 4) is 5.75 Å². The van der Waals surface area contributed by atoms with Gasteiger partial charge < -0.3 is 10.1 Å². The van der Waals surface area contributed by atoms with Gasteiger partial charge in [0.05, 0.1) is 4.34 Å². The van der Waals surface area contributed by atoms with Gasteiger partial charge in [-0.2, -0.15) is 0 Å². The topological polar surface area (TPSA) is 21.3 Å². The Morgan fingerprint density at radius 1 is 1.33 bits per heavy atom. The van der Waals surface area contributed by atoms with Crippen molar-refractivity contribution in [2.75, 3.05) is 7.05 Å². The lowest BCUT2D eigenvalue weighted by Gasteiger charge is -2.10. The second kappa shape index (κ2) is 6.18. The van der Waals surface area contributed by atoms with Crippen LogP contribution >= 0.6 is 22.9 Å². The van der Waals surface area contributed by atoms with E-state index in [9.17, 15) is 4.39 Å². The number of benzene rings is 1. The minimum atomic E-state index is -0.258. The fraction of sp³-hybridized carbons (Fsp3) is 0.231. The third kappa shape index (κ3) is 3.45. The van der Waals surface area contributed by atoms with Crippen LogP contribution in [0, 0.1) is 5.82 Å². The van der Waals surface area contributed by atoms with Crippen LogP contribution in [0.5, 0.6) is 5.75 Å². The van der Waals surface area contributed by atoms with E-state index in [1.54, 1.807) is 6.07 Å². The molecule has 0 saturated carbocycles. The molecule has 0 atom stereocenters. The molecule has 2 aromatic rings. The van der Waals surface area contributed by atoms with Crippen LogP contribution < -0.4 is 10.1 Å². The normalized spacial score (nSPS) is 10.6. The molecule has 1 heterocycles. The SMILES string of the molecule is CNCc1cc(F)ccc1OCc1ccc(Cl)s1. The summed E-state index contributed by atoms with van der Waals surface area (Å²) in [5.74, 6) is 0.432. The van der Waals surface area contributed by atoms with Crippen molar-refractivity contribution in [2.45, 2.75) is 13.2 Å².